The van der Waals surface area contributed by atoms with Gasteiger partial charge in [0.1, 0.15) is 5.82 Å². The van der Waals surface area contributed by atoms with Gasteiger partial charge in [0, 0.05) is 0 Å². The Balaban J connectivity index is 0.00000289. The molecule has 1 unspecified atom stereocenters. The third-order valence-corrected chi connectivity index (χ3v) is 2.42. The Labute approximate surface area is 111 Å². The Hall–Kier alpha value is -1.20. The van der Waals surface area contributed by atoms with Crippen LogP contribution >= 0.6 is 12.4 Å². The smallest absolute Gasteiger partial charge is 0.342 e. The first-order valence-corrected chi connectivity index (χ1v) is 5.29. The van der Waals surface area contributed by atoms with E-state index in [4.69, 9.17) is 5.73 Å². The van der Waals surface area contributed by atoms with E-state index >= 15 is 0 Å². The van der Waals surface area contributed by atoms with E-state index in [0.29, 0.717) is 11.1 Å². The second-order valence-corrected chi connectivity index (χ2v) is 3.68. The molecule has 6 heteroatoms. The van der Waals surface area contributed by atoms with Crippen molar-refractivity contribution >= 4 is 18.4 Å². The van der Waals surface area contributed by atoms with Gasteiger partial charge in [0.25, 0.3) is 0 Å². The van der Waals surface area contributed by atoms with Crippen molar-refractivity contribution in [2.45, 2.75) is 26.1 Å². The summed E-state index contributed by atoms with van der Waals surface area (Å²) in [5, 5.41) is 0. The molecule has 2 atom stereocenters. The number of alkyl halides is 1. The fraction of sp³-hybridized carbons (Fsp3) is 0.417. The molecule has 0 saturated heterocycles. The summed E-state index contributed by atoms with van der Waals surface area (Å²) in [5.41, 5.74) is 6.52. The van der Waals surface area contributed by atoms with Crippen molar-refractivity contribution in [2.75, 3.05) is 6.61 Å². The van der Waals surface area contributed by atoms with Crippen LogP contribution in [0.5, 0.6) is 0 Å². The quantitative estimate of drug-likeness (QED) is 0.862. The standard InChI is InChI=1S/C12H15F2NO2.ClH/c1-3-17-12(16)10(14)11(15)9-5-4-8(13)6-7(9)2;/h4-6,10-11H,3,15H2,1-2H3;1H/t10?,11-;/m0./s1. The molecule has 0 aliphatic rings. The Kier molecular flexibility index (Phi) is 6.80. The SMILES string of the molecule is CCOC(=O)C(F)[C@@H](N)c1ccc(F)cc1C.Cl. The summed E-state index contributed by atoms with van der Waals surface area (Å²) in [6.07, 6.45) is -1.95. The van der Waals surface area contributed by atoms with Gasteiger partial charge in [-0.3, -0.25) is 0 Å². The molecule has 3 nitrogen and oxygen atoms in total. The number of aryl methyl sites for hydroxylation is 1. The zero-order valence-corrected chi connectivity index (χ0v) is 11.0. The molecule has 1 aromatic carbocycles. The van der Waals surface area contributed by atoms with Crippen molar-refractivity contribution in [2.24, 2.45) is 5.73 Å². The van der Waals surface area contributed by atoms with Crippen LogP contribution in [0.15, 0.2) is 18.2 Å². The average Bonchev–Trinajstić information content (AvgIpc) is 2.27. The summed E-state index contributed by atoms with van der Waals surface area (Å²) >= 11 is 0. The van der Waals surface area contributed by atoms with Crippen LogP contribution in [0.1, 0.15) is 24.1 Å². The highest BCUT2D eigenvalue weighted by molar-refractivity contribution is 5.85. The molecule has 0 heterocycles. The molecular formula is C12H16ClF2NO2. The lowest BCUT2D eigenvalue weighted by atomic mass is 9.98. The van der Waals surface area contributed by atoms with Gasteiger partial charge in [0.05, 0.1) is 12.6 Å². The van der Waals surface area contributed by atoms with Crippen molar-refractivity contribution in [1.29, 1.82) is 0 Å². The summed E-state index contributed by atoms with van der Waals surface area (Å²) in [7, 11) is 0. The Morgan fingerprint density at radius 2 is 2.11 bits per heavy atom. The van der Waals surface area contributed by atoms with Gasteiger partial charge in [-0.05, 0) is 37.1 Å². The fourth-order valence-electron chi connectivity index (χ4n) is 1.54. The number of carbonyl (C=O) groups is 1. The minimum Gasteiger partial charge on any atom is -0.464 e. The number of nitrogens with two attached hydrogens (primary N) is 1. The van der Waals surface area contributed by atoms with Crippen molar-refractivity contribution < 1.29 is 18.3 Å². The second-order valence-electron chi connectivity index (χ2n) is 3.68. The van der Waals surface area contributed by atoms with E-state index in [1.807, 2.05) is 0 Å². The van der Waals surface area contributed by atoms with Crippen LogP contribution in [0, 0.1) is 12.7 Å². The maximum Gasteiger partial charge on any atom is 0.342 e. The van der Waals surface area contributed by atoms with Crippen molar-refractivity contribution in [3.63, 3.8) is 0 Å². The molecule has 0 fully saturated rings. The van der Waals surface area contributed by atoms with E-state index in [2.05, 4.69) is 4.74 Å². The van der Waals surface area contributed by atoms with Crippen LogP contribution in [-0.2, 0) is 9.53 Å². The van der Waals surface area contributed by atoms with Crippen molar-refractivity contribution in [3.8, 4) is 0 Å². The van der Waals surface area contributed by atoms with Gasteiger partial charge in [-0.2, -0.15) is 0 Å². The van der Waals surface area contributed by atoms with E-state index in [1.54, 1.807) is 13.8 Å². The van der Waals surface area contributed by atoms with Gasteiger partial charge in [-0.1, -0.05) is 6.07 Å². The van der Waals surface area contributed by atoms with Crippen molar-refractivity contribution in [1.82, 2.24) is 0 Å². The fourth-order valence-corrected chi connectivity index (χ4v) is 1.54. The first-order chi connectivity index (χ1) is 7.97. The van der Waals surface area contributed by atoms with Crippen molar-refractivity contribution in [3.05, 3.63) is 35.1 Å². The number of benzene rings is 1. The second kappa shape index (κ2) is 7.28. The summed E-state index contributed by atoms with van der Waals surface area (Å²) < 4.78 is 31.1. The molecule has 0 aromatic heterocycles. The highest BCUT2D eigenvalue weighted by atomic mass is 35.5. The van der Waals surface area contributed by atoms with E-state index < -0.39 is 24.0 Å². The van der Waals surface area contributed by atoms with E-state index in [-0.39, 0.29) is 19.0 Å². The Morgan fingerprint density at radius 3 is 2.61 bits per heavy atom. The number of hydrogen-bond donors (Lipinski definition) is 1. The third-order valence-electron chi connectivity index (χ3n) is 2.42. The number of esters is 1. The number of rotatable bonds is 4. The largest absolute Gasteiger partial charge is 0.464 e. The van der Waals surface area contributed by atoms with Gasteiger partial charge in [0.15, 0.2) is 0 Å². The maximum atomic E-state index is 13.6. The van der Waals surface area contributed by atoms with E-state index in [0.717, 1.165) is 0 Å². The third kappa shape index (κ3) is 3.92. The van der Waals surface area contributed by atoms with Gasteiger partial charge in [0.2, 0.25) is 6.17 Å². The molecule has 2 N–H and O–H groups in total. The monoisotopic (exact) mass is 279 g/mol. The molecule has 0 saturated carbocycles. The predicted octanol–water partition coefficient (Wildman–Crippen LogP) is 2.46. The van der Waals surface area contributed by atoms with Crippen LogP contribution < -0.4 is 5.73 Å². The van der Waals surface area contributed by atoms with Crippen LogP contribution in [0.2, 0.25) is 0 Å². The van der Waals surface area contributed by atoms with Gasteiger partial charge in [-0.25, -0.2) is 13.6 Å². The summed E-state index contributed by atoms with van der Waals surface area (Å²) in [5.74, 6) is -1.42. The molecule has 0 aliphatic carbocycles. The molecule has 1 aromatic rings. The zero-order valence-electron chi connectivity index (χ0n) is 10.2. The lowest BCUT2D eigenvalue weighted by Crippen LogP contribution is -2.32. The highest BCUT2D eigenvalue weighted by Gasteiger charge is 2.28. The highest BCUT2D eigenvalue weighted by Crippen LogP contribution is 2.22. The maximum absolute atomic E-state index is 13.6. The predicted molar refractivity (Wildman–Crippen MR) is 66.8 cm³/mol. The molecule has 0 amide bonds. The normalized spacial score (nSPS) is 13.4. The number of carbonyl (C=O) groups excluding carboxylic acids is 1. The van der Waals surface area contributed by atoms with Crippen LogP contribution in [0.3, 0.4) is 0 Å². The van der Waals surface area contributed by atoms with Gasteiger partial charge < -0.3 is 10.5 Å². The molecule has 0 radical (unpaired) electrons. The lowest BCUT2D eigenvalue weighted by molar-refractivity contribution is -0.149. The summed E-state index contributed by atoms with van der Waals surface area (Å²) in [6, 6.07) is 2.66. The topological polar surface area (TPSA) is 52.3 Å². The molecule has 1 rings (SSSR count). The molecule has 102 valence electrons. The van der Waals surface area contributed by atoms with Gasteiger partial charge in [-0.15, -0.1) is 12.4 Å². The zero-order chi connectivity index (χ0) is 13.0. The van der Waals surface area contributed by atoms with E-state index in [9.17, 15) is 13.6 Å². The summed E-state index contributed by atoms with van der Waals surface area (Å²) in [4.78, 5) is 11.2. The molecule has 0 aliphatic heterocycles. The molecular weight excluding hydrogens is 264 g/mol. The Bertz CT molecular complexity index is 415. The average molecular weight is 280 g/mol. The number of hydrogen-bond acceptors (Lipinski definition) is 3. The molecule has 0 spiro atoms. The van der Waals surface area contributed by atoms with Crippen LogP contribution in [0.25, 0.3) is 0 Å². The van der Waals surface area contributed by atoms with Crippen LogP contribution in [-0.4, -0.2) is 18.7 Å². The molecule has 0 bridgehead atoms. The first kappa shape index (κ1) is 16.8. The lowest BCUT2D eigenvalue weighted by Gasteiger charge is -2.17. The Morgan fingerprint density at radius 1 is 1.50 bits per heavy atom. The minimum absolute atomic E-state index is 0. The number of halogens is 3. The van der Waals surface area contributed by atoms with Crippen LogP contribution in [0.4, 0.5) is 8.78 Å². The van der Waals surface area contributed by atoms with E-state index in [1.165, 1.54) is 18.2 Å². The number of ether oxygens (including phenoxy) is 1. The molecule has 18 heavy (non-hydrogen) atoms. The minimum atomic E-state index is -1.95. The summed E-state index contributed by atoms with van der Waals surface area (Å²) in [6.45, 7) is 3.28. The first-order valence-electron chi connectivity index (χ1n) is 5.29. The van der Waals surface area contributed by atoms with Gasteiger partial charge >= 0.3 is 5.97 Å².